The fraction of sp³-hybridized carbons (Fsp3) is 0.0571. The van der Waals surface area contributed by atoms with Gasteiger partial charge in [0.2, 0.25) is 0 Å². The summed E-state index contributed by atoms with van der Waals surface area (Å²) in [5.74, 6) is -0.756. The summed E-state index contributed by atoms with van der Waals surface area (Å²) in [7, 11) is -18.7. The van der Waals surface area contributed by atoms with Crippen LogP contribution in [0.15, 0.2) is 117 Å². The number of aromatic hydroxyl groups is 2. The van der Waals surface area contributed by atoms with Crippen molar-refractivity contribution >= 4 is 90.6 Å². The summed E-state index contributed by atoms with van der Waals surface area (Å²) in [4.78, 5) is 11.1. The van der Waals surface area contributed by atoms with E-state index in [2.05, 4.69) is 20.1 Å². The van der Waals surface area contributed by atoms with Gasteiger partial charge in [0.25, 0.3) is 40.3 Å². The zero-order chi connectivity index (χ0) is 41.0. The van der Waals surface area contributed by atoms with E-state index in [0.29, 0.717) is 0 Å². The summed E-state index contributed by atoms with van der Waals surface area (Å²) in [6.07, 6.45) is 0. The van der Waals surface area contributed by atoms with Gasteiger partial charge in [0.1, 0.15) is 11.5 Å². The summed E-state index contributed by atoms with van der Waals surface area (Å²) in [5, 5.41) is 25.6. The molecule has 2 amide bonds. The van der Waals surface area contributed by atoms with Crippen LogP contribution in [-0.4, -0.2) is 59.0 Å². The lowest BCUT2D eigenvalue weighted by Crippen LogP contribution is -2.21. The molecule has 6 aromatic carbocycles. The van der Waals surface area contributed by atoms with Crippen LogP contribution in [0.5, 0.6) is 11.5 Å². The fourth-order valence-electron chi connectivity index (χ4n) is 5.78. The molecule has 0 spiro atoms. The first-order chi connectivity index (χ1) is 26.0. The molecule has 56 heavy (non-hydrogen) atoms. The molecule has 0 saturated heterocycles. The predicted octanol–water partition coefficient (Wildman–Crippen LogP) is 5.76. The topological polar surface area (TPSA) is 283 Å². The van der Waals surface area contributed by atoms with Crippen molar-refractivity contribution in [2.75, 3.05) is 20.1 Å². The molecule has 0 aliphatic rings. The molecular weight excluding hydrogens is 813 g/mol. The van der Waals surface area contributed by atoms with E-state index >= 15 is 0 Å². The third-order valence-electron chi connectivity index (χ3n) is 8.45. The quantitative estimate of drug-likeness (QED) is 0.0763. The van der Waals surface area contributed by atoms with Gasteiger partial charge >= 0.3 is 6.03 Å². The first kappa shape index (κ1) is 39.7. The number of carbonyl (C=O) groups excluding carboxylic acids is 1. The maximum atomic E-state index is 13.7. The molecule has 0 saturated carbocycles. The van der Waals surface area contributed by atoms with Gasteiger partial charge in [-0.05, 0) is 85.6 Å². The van der Waals surface area contributed by atoms with Crippen LogP contribution < -0.4 is 20.1 Å². The number of benzene rings is 6. The van der Waals surface area contributed by atoms with E-state index in [1.807, 2.05) is 0 Å². The smallest absolute Gasteiger partial charge is 0.323 e. The van der Waals surface area contributed by atoms with Crippen LogP contribution in [0, 0.1) is 13.8 Å². The highest BCUT2D eigenvalue weighted by molar-refractivity contribution is 7.93. The van der Waals surface area contributed by atoms with Crippen LogP contribution in [0.2, 0.25) is 0 Å². The van der Waals surface area contributed by atoms with Crippen LogP contribution in [-0.2, 0) is 40.3 Å². The number of fused-ring (bicyclic) bond motifs is 2. The zero-order valence-electron chi connectivity index (χ0n) is 28.8. The highest BCUT2D eigenvalue weighted by atomic mass is 32.2. The first-order valence-electron chi connectivity index (χ1n) is 15.8. The van der Waals surface area contributed by atoms with Gasteiger partial charge in [-0.3, -0.25) is 18.5 Å². The van der Waals surface area contributed by atoms with Gasteiger partial charge in [-0.25, -0.2) is 21.6 Å². The number of amides is 2. The van der Waals surface area contributed by atoms with E-state index in [0.717, 1.165) is 36.4 Å². The van der Waals surface area contributed by atoms with Crippen molar-refractivity contribution in [2.24, 2.45) is 0 Å². The van der Waals surface area contributed by atoms with E-state index in [-0.39, 0.29) is 76.7 Å². The number of phenolic OH excluding ortho intramolecular Hbond substituents is 2. The van der Waals surface area contributed by atoms with Crippen molar-refractivity contribution in [2.45, 2.75) is 33.4 Å². The minimum atomic E-state index is -4.83. The maximum Gasteiger partial charge on any atom is 0.323 e. The Morgan fingerprint density at radius 1 is 0.500 bits per heavy atom. The lowest BCUT2D eigenvalue weighted by molar-refractivity contribution is 0.262. The van der Waals surface area contributed by atoms with Gasteiger partial charge in [0, 0.05) is 32.9 Å². The minimum Gasteiger partial charge on any atom is -0.507 e. The molecule has 0 heterocycles. The minimum absolute atomic E-state index is 0.0295. The van der Waals surface area contributed by atoms with Gasteiger partial charge in [0.05, 0.1) is 31.0 Å². The van der Waals surface area contributed by atoms with E-state index in [4.69, 9.17) is 0 Å². The van der Waals surface area contributed by atoms with Gasteiger partial charge in [-0.15, -0.1) is 0 Å². The molecule has 0 aliphatic heterocycles. The van der Waals surface area contributed by atoms with Crippen molar-refractivity contribution in [3.05, 3.63) is 108 Å². The highest BCUT2D eigenvalue weighted by Crippen LogP contribution is 2.36. The largest absolute Gasteiger partial charge is 0.507 e. The molecule has 0 unspecified atom stereocenters. The predicted molar refractivity (Wildman–Crippen MR) is 207 cm³/mol. The number of carbonyl (C=O) groups is 1. The average molecular weight is 843 g/mol. The Labute approximate surface area is 320 Å². The number of nitrogens with one attached hydrogen (secondary N) is 4. The number of urea groups is 1. The van der Waals surface area contributed by atoms with E-state index < -0.39 is 56.1 Å². The number of phenols is 2. The molecule has 0 aliphatic carbocycles. The van der Waals surface area contributed by atoms with Crippen molar-refractivity contribution in [1.29, 1.82) is 0 Å². The Morgan fingerprint density at radius 2 is 0.875 bits per heavy atom. The molecule has 6 rings (SSSR count). The Morgan fingerprint density at radius 3 is 1.23 bits per heavy atom. The van der Waals surface area contributed by atoms with Crippen LogP contribution in [0.3, 0.4) is 0 Å². The standard InChI is InChI=1S/C35H30N4O13S4/c1-19-9-11-21(13-33(19)53(43,44)38-29-17-23(55(47,48)49)15-27-25(29)5-3-7-31(27)40)36-35(42)37-22-12-10-20(2)34(14-22)54(45,46)39-30-18-24(56(50,51)52)16-28-26(30)6-4-8-32(28)41/h3-18,38-41H,1-2H3,(H2,36,37,42)(H,47,48,49)(H,50,51,52). The zero-order valence-corrected chi connectivity index (χ0v) is 32.1. The third-order valence-corrected chi connectivity index (χ3v) is 13.1. The van der Waals surface area contributed by atoms with Crippen LogP contribution in [0.4, 0.5) is 27.5 Å². The van der Waals surface area contributed by atoms with Crippen molar-refractivity contribution in [3.8, 4) is 11.5 Å². The van der Waals surface area contributed by atoms with E-state index in [1.165, 1.54) is 74.5 Å². The summed E-state index contributed by atoms with van der Waals surface area (Å²) < 4.78 is 126. The second-order valence-corrected chi connectivity index (χ2v) is 18.5. The van der Waals surface area contributed by atoms with Crippen LogP contribution in [0.25, 0.3) is 21.5 Å². The molecule has 21 heteroatoms. The molecule has 0 radical (unpaired) electrons. The lowest BCUT2D eigenvalue weighted by Gasteiger charge is -2.16. The second-order valence-electron chi connectivity index (χ2n) is 12.4. The SMILES string of the molecule is Cc1ccc(NC(=O)Nc2ccc(C)c(S(=O)(=O)Nc3cc(S(=O)(=O)O)cc4c(O)cccc34)c2)cc1S(=O)(=O)Nc1cc(S(=O)(=O)O)cc2c(O)cccc12. The van der Waals surface area contributed by atoms with Gasteiger partial charge in [-0.2, -0.15) is 16.8 Å². The van der Waals surface area contributed by atoms with Gasteiger partial charge in [0.15, 0.2) is 0 Å². The number of sulfonamides is 2. The summed E-state index contributed by atoms with van der Waals surface area (Å²) in [6, 6.07) is 18.7. The molecule has 17 nitrogen and oxygen atoms in total. The second kappa shape index (κ2) is 14.3. The van der Waals surface area contributed by atoms with Gasteiger partial charge < -0.3 is 20.8 Å². The summed E-state index contributed by atoms with van der Waals surface area (Å²) in [6.45, 7) is 2.92. The normalized spacial score (nSPS) is 12.4. The van der Waals surface area contributed by atoms with Crippen LogP contribution >= 0.6 is 0 Å². The van der Waals surface area contributed by atoms with Crippen molar-refractivity contribution in [3.63, 3.8) is 0 Å². The molecular formula is C35H30N4O13S4. The Kier molecular flexibility index (Phi) is 10.1. The molecule has 6 aromatic rings. The van der Waals surface area contributed by atoms with Crippen molar-refractivity contribution in [1.82, 2.24) is 0 Å². The third kappa shape index (κ3) is 8.17. The molecule has 0 atom stereocenters. The number of hydrogen-bond donors (Lipinski definition) is 8. The number of aryl methyl sites for hydroxylation is 2. The number of anilines is 4. The van der Waals surface area contributed by atoms with Crippen molar-refractivity contribution < 1.29 is 57.8 Å². The molecule has 292 valence electrons. The van der Waals surface area contributed by atoms with Crippen LogP contribution in [0.1, 0.15) is 11.1 Å². The number of hydrogen-bond acceptors (Lipinski definition) is 11. The fourth-order valence-corrected chi connectivity index (χ4v) is 9.53. The number of rotatable bonds is 10. The Bertz CT molecular complexity index is 2880. The average Bonchev–Trinajstić information content (AvgIpc) is 3.09. The molecule has 8 N–H and O–H groups in total. The molecule has 0 bridgehead atoms. The summed E-state index contributed by atoms with van der Waals surface area (Å²) >= 11 is 0. The maximum absolute atomic E-state index is 13.7. The Balaban J connectivity index is 1.25. The first-order valence-corrected chi connectivity index (χ1v) is 21.7. The van der Waals surface area contributed by atoms with Gasteiger partial charge in [-0.1, -0.05) is 36.4 Å². The monoisotopic (exact) mass is 842 g/mol. The lowest BCUT2D eigenvalue weighted by atomic mass is 10.1. The molecule has 0 fully saturated rings. The molecule has 0 aromatic heterocycles. The van der Waals surface area contributed by atoms with E-state index in [1.54, 1.807) is 0 Å². The highest BCUT2D eigenvalue weighted by Gasteiger charge is 2.24. The summed E-state index contributed by atoms with van der Waals surface area (Å²) in [5.41, 5.74) is -0.186. The Hall–Kier alpha value is -5.97. The van der Waals surface area contributed by atoms with E-state index in [9.17, 15) is 57.8 Å².